The van der Waals surface area contributed by atoms with E-state index in [9.17, 15) is 19.1 Å². The van der Waals surface area contributed by atoms with Gasteiger partial charge in [0.1, 0.15) is 5.82 Å². The fraction of sp³-hybridized carbons (Fsp3) is 0. The molecule has 0 saturated heterocycles. The molecule has 0 spiro atoms. The molecule has 1 aromatic rings. The standard InChI is InChI=1S/C10H7BrFNO3/c11-6-1-2-8(7(12)5-6)13-9(14)3-4-10(15)16/h1-5H,(H,13,14)(H,15,16)/p-1/b4-3+. The Labute approximate surface area is 98.9 Å². The van der Waals surface area contributed by atoms with Gasteiger partial charge >= 0.3 is 0 Å². The van der Waals surface area contributed by atoms with Crippen molar-refractivity contribution >= 4 is 33.5 Å². The summed E-state index contributed by atoms with van der Waals surface area (Å²) in [5.41, 5.74) is -0.0313. The van der Waals surface area contributed by atoms with E-state index in [0.717, 1.165) is 6.08 Å². The normalized spacial score (nSPS) is 10.4. The molecule has 0 aliphatic heterocycles. The molecule has 1 amide bonds. The number of amides is 1. The molecular weight excluding hydrogens is 281 g/mol. The molecule has 0 aliphatic rings. The van der Waals surface area contributed by atoms with Crippen molar-refractivity contribution in [3.63, 3.8) is 0 Å². The highest BCUT2D eigenvalue weighted by Crippen LogP contribution is 2.19. The predicted octanol–water partition coefficient (Wildman–Crippen LogP) is 0.833. The Balaban J connectivity index is 2.73. The molecule has 0 radical (unpaired) electrons. The third-order valence-corrected chi connectivity index (χ3v) is 2.05. The zero-order chi connectivity index (χ0) is 12.1. The summed E-state index contributed by atoms with van der Waals surface area (Å²) >= 11 is 3.06. The van der Waals surface area contributed by atoms with Crippen LogP contribution in [0.1, 0.15) is 0 Å². The Kier molecular flexibility index (Phi) is 4.19. The number of anilines is 1. The summed E-state index contributed by atoms with van der Waals surface area (Å²) in [4.78, 5) is 21.1. The van der Waals surface area contributed by atoms with Crippen LogP contribution < -0.4 is 10.4 Å². The van der Waals surface area contributed by atoms with Crippen LogP contribution in [0.4, 0.5) is 10.1 Å². The second-order valence-corrected chi connectivity index (χ2v) is 3.68. The number of hydrogen-bond acceptors (Lipinski definition) is 3. The van der Waals surface area contributed by atoms with Crippen molar-refractivity contribution in [2.45, 2.75) is 0 Å². The summed E-state index contributed by atoms with van der Waals surface area (Å²) < 4.78 is 13.7. The second-order valence-electron chi connectivity index (χ2n) is 2.77. The number of benzene rings is 1. The Morgan fingerprint density at radius 1 is 1.38 bits per heavy atom. The molecule has 0 fully saturated rings. The van der Waals surface area contributed by atoms with Crippen LogP contribution in [0.5, 0.6) is 0 Å². The van der Waals surface area contributed by atoms with Crippen molar-refractivity contribution in [1.29, 1.82) is 0 Å². The van der Waals surface area contributed by atoms with Crippen molar-refractivity contribution in [3.8, 4) is 0 Å². The lowest BCUT2D eigenvalue weighted by molar-refractivity contribution is -0.297. The van der Waals surface area contributed by atoms with Gasteiger partial charge in [-0.25, -0.2) is 4.39 Å². The summed E-state index contributed by atoms with van der Waals surface area (Å²) in [6, 6.07) is 4.07. The molecule has 1 aromatic carbocycles. The Morgan fingerprint density at radius 2 is 2.06 bits per heavy atom. The minimum absolute atomic E-state index is 0.0313. The van der Waals surface area contributed by atoms with Crippen molar-refractivity contribution in [2.75, 3.05) is 5.32 Å². The summed E-state index contributed by atoms with van der Waals surface area (Å²) in [6.07, 6.45) is 1.31. The molecule has 16 heavy (non-hydrogen) atoms. The van der Waals surface area contributed by atoms with Gasteiger partial charge in [-0.3, -0.25) is 4.79 Å². The number of rotatable bonds is 3. The number of hydrogen-bond donors (Lipinski definition) is 1. The fourth-order valence-corrected chi connectivity index (χ4v) is 1.24. The zero-order valence-corrected chi connectivity index (χ0v) is 9.45. The van der Waals surface area contributed by atoms with Gasteiger partial charge in [-0.1, -0.05) is 15.9 Å². The SMILES string of the molecule is O=C([O-])/C=C/C(=O)Nc1ccc(Br)cc1F. The van der Waals surface area contributed by atoms with Gasteiger partial charge in [0.15, 0.2) is 0 Å². The van der Waals surface area contributed by atoms with Crippen LogP contribution in [0, 0.1) is 5.82 Å². The second kappa shape index (κ2) is 5.41. The van der Waals surface area contributed by atoms with Crippen LogP contribution >= 0.6 is 15.9 Å². The molecule has 84 valence electrons. The Morgan fingerprint density at radius 3 is 2.62 bits per heavy atom. The molecule has 0 unspecified atom stereocenters. The Bertz CT molecular complexity index is 459. The van der Waals surface area contributed by atoms with E-state index in [1.165, 1.54) is 12.1 Å². The molecule has 1 rings (SSSR count). The third-order valence-electron chi connectivity index (χ3n) is 1.56. The number of carboxylic acids is 1. The highest BCUT2D eigenvalue weighted by Gasteiger charge is 2.04. The highest BCUT2D eigenvalue weighted by atomic mass is 79.9. The molecule has 1 N–H and O–H groups in total. The van der Waals surface area contributed by atoms with E-state index in [-0.39, 0.29) is 5.69 Å². The largest absolute Gasteiger partial charge is 0.545 e. The first-order valence-electron chi connectivity index (χ1n) is 4.14. The molecular formula is C10H6BrFNO3-. The number of carbonyl (C=O) groups excluding carboxylic acids is 2. The van der Waals surface area contributed by atoms with E-state index in [1.807, 2.05) is 0 Å². The molecule has 0 heterocycles. The summed E-state index contributed by atoms with van der Waals surface area (Å²) in [5, 5.41) is 12.2. The maximum atomic E-state index is 13.2. The first-order chi connectivity index (χ1) is 7.49. The van der Waals surface area contributed by atoms with Crippen LogP contribution in [0.15, 0.2) is 34.8 Å². The first-order valence-corrected chi connectivity index (χ1v) is 4.93. The number of carbonyl (C=O) groups is 2. The fourth-order valence-electron chi connectivity index (χ4n) is 0.909. The topological polar surface area (TPSA) is 69.2 Å². The predicted molar refractivity (Wildman–Crippen MR) is 56.9 cm³/mol. The van der Waals surface area contributed by atoms with Gasteiger partial charge in [0, 0.05) is 10.5 Å². The lowest BCUT2D eigenvalue weighted by atomic mass is 10.3. The van der Waals surface area contributed by atoms with E-state index in [2.05, 4.69) is 21.2 Å². The van der Waals surface area contributed by atoms with E-state index in [0.29, 0.717) is 10.5 Å². The average molecular weight is 287 g/mol. The molecule has 0 atom stereocenters. The molecule has 0 aliphatic carbocycles. The van der Waals surface area contributed by atoms with E-state index in [4.69, 9.17) is 0 Å². The first kappa shape index (κ1) is 12.4. The van der Waals surface area contributed by atoms with Crippen molar-refractivity contribution < 1.29 is 19.1 Å². The number of nitrogens with one attached hydrogen (secondary N) is 1. The zero-order valence-electron chi connectivity index (χ0n) is 7.87. The summed E-state index contributed by atoms with van der Waals surface area (Å²) in [5.74, 6) is -2.86. The monoisotopic (exact) mass is 286 g/mol. The van der Waals surface area contributed by atoms with Crippen LogP contribution in [0.2, 0.25) is 0 Å². The average Bonchev–Trinajstić information content (AvgIpc) is 2.19. The Hall–Kier alpha value is -1.69. The maximum absolute atomic E-state index is 13.2. The van der Waals surface area contributed by atoms with Gasteiger partial charge in [0.25, 0.3) is 0 Å². The van der Waals surface area contributed by atoms with Gasteiger partial charge in [0.2, 0.25) is 5.91 Å². The number of aliphatic carboxylic acids is 1. The smallest absolute Gasteiger partial charge is 0.248 e. The van der Waals surface area contributed by atoms with Gasteiger partial charge < -0.3 is 15.2 Å². The molecule has 0 aromatic heterocycles. The lowest BCUT2D eigenvalue weighted by Crippen LogP contribution is -2.20. The van der Waals surface area contributed by atoms with Crippen molar-refractivity contribution in [2.24, 2.45) is 0 Å². The summed E-state index contributed by atoms with van der Waals surface area (Å²) in [6.45, 7) is 0. The van der Waals surface area contributed by atoms with E-state index < -0.39 is 17.7 Å². The third kappa shape index (κ3) is 3.82. The maximum Gasteiger partial charge on any atom is 0.248 e. The van der Waals surface area contributed by atoms with Crippen LogP contribution in [-0.4, -0.2) is 11.9 Å². The molecule has 4 nitrogen and oxygen atoms in total. The van der Waals surface area contributed by atoms with E-state index in [1.54, 1.807) is 6.07 Å². The van der Waals surface area contributed by atoms with Crippen molar-refractivity contribution in [3.05, 3.63) is 40.6 Å². The van der Waals surface area contributed by atoms with Crippen LogP contribution in [0.25, 0.3) is 0 Å². The molecule has 0 saturated carbocycles. The molecule has 0 bridgehead atoms. The lowest BCUT2D eigenvalue weighted by Gasteiger charge is -2.03. The number of halogens is 2. The van der Waals surface area contributed by atoms with Gasteiger partial charge in [-0.2, -0.15) is 0 Å². The van der Waals surface area contributed by atoms with E-state index >= 15 is 0 Å². The quantitative estimate of drug-likeness (QED) is 0.837. The van der Waals surface area contributed by atoms with Crippen LogP contribution in [-0.2, 0) is 9.59 Å². The highest BCUT2D eigenvalue weighted by molar-refractivity contribution is 9.10. The summed E-state index contributed by atoms with van der Waals surface area (Å²) in [7, 11) is 0. The van der Waals surface area contributed by atoms with Gasteiger partial charge in [-0.15, -0.1) is 0 Å². The van der Waals surface area contributed by atoms with Gasteiger partial charge in [-0.05, 0) is 24.3 Å². The minimum Gasteiger partial charge on any atom is -0.545 e. The minimum atomic E-state index is -1.49. The molecule has 6 heteroatoms. The van der Waals surface area contributed by atoms with Crippen LogP contribution in [0.3, 0.4) is 0 Å². The van der Waals surface area contributed by atoms with Crippen molar-refractivity contribution in [1.82, 2.24) is 0 Å². The number of carboxylic acid groups (broad SMARTS) is 1. The van der Waals surface area contributed by atoms with Gasteiger partial charge in [0.05, 0.1) is 11.7 Å².